The molecule has 0 unspecified atom stereocenters. The molecule has 112 valence electrons. The molecule has 1 aromatic rings. The van der Waals surface area contributed by atoms with Gasteiger partial charge in [0.2, 0.25) is 10.0 Å². The molecule has 2 rings (SSSR count). The van der Waals surface area contributed by atoms with Crippen LogP contribution in [-0.4, -0.2) is 42.3 Å². The van der Waals surface area contributed by atoms with Crippen LogP contribution in [0.1, 0.15) is 32.4 Å². The van der Waals surface area contributed by atoms with Gasteiger partial charge in [-0.1, -0.05) is 18.2 Å². The van der Waals surface area contributed by atoms with E-state index in [9.17, 15) is 13.5 Å². The summed E-state index contributed by atoms with van der Waals surface area (Å²) in [7, 11) is -1.90. The molecule has 1 aliphatic heterocycles. The van der Waals surface area contributed by atoms with Gasteiger partial charge in [-0.2, -0.15) is 4.31 Å². The highest BCUT2D eigenvalue weighted by atomic mass is 32.2. The molecule has 0 bridgehead atoms. The third-order valence-corrected chi connectivity index (χ3v) is 5.65. The summed E-state index contributed by atoms with van der Waals surface area (Å²) in [6.45, 7) is 5.11. The first-order valence-corrected chi connectivity index (χ1v) is 8.23. The third kappa shape index (κ3) is 2.43. The lowest BCUT2D eigenvalue weighted by Crippen LogP contribution is -2.54. The summed E-state index contributed by atoms with van der Waals surface area (Å²) in [5, 5.41) is 10.5. The van der Waals surface area contributed by atoms with Gasteiger partial charge in [-0.05, 0) is 26.8 Å². The van der Waals surface area contributed by atoms with Gasteiger partial charge in [0.25, 0.3) is 0 Å². The fourth-order valence-electron chi connectivity index (χ4n) is 2.48. The quantitative estimate of drug-likeness (QED) is 0.919. The van der Waals surface area contributed by atoms with Crippen molar-refractivity contribution in [2.75, 3.05) is 12.8 Å². The fourth-order valence-corrected chi connectivity index (χ4v) is 3.47. The van der Waals surface area contributed by atoms with E-state index in [2.05, 4.69) is 0 Å². The first-order valence-electron chi connectivity index (χ1n) is 6.62. The number of ether oxygens (including phenoxy) is 1. The van der Waals surface area contributed by atoms with Crippen molar-refractivity contribution >= 4 is 10.0 Å². The summed E-state index contributed by atoms with van der Waals surface area (Å²) < 4.78 is 31.3. The van der Waals surface area contributed by atoms with Crippen LogP contribution in [0.5, 0.6) is 5.75 Å². The molecule has 0 amide bonds. The zero-order chi connectivity index (χ0) is 15.1. The Labute approximate surface area is 120 Å². The Morgan fingerprint density at radius 1 is 1.35 bits per heavy atom. The molecule has 5 nitrogen and oxygen atoms in total. The van der Waals surface area contributed by atoms with Crippen molar-refractivity contribution in [1.82, 2.24) is 4.31 Å². The molecular weight excluding hydrogens is 278 g/mol. The van der Waals surface area contributed by atoms with Gasteiger partial charge in [0.05, 0.1) is 11.8 Å². The van der Waals surface area contributed by atoms with E-state index in [1.165, 1.54) is 11.4 Å². The average Bonchev–Trinajstić information content (AvgIpc) is 2.39. The van der Waals surface area contributed by atoms with Crippen LogP contribution in [0.4, 0.5) is 0 Å². The average molecular weight is 299 g/mol. The Bertz CT molecular complexity index is 597. The van der Waals surface area contributed by atoms with Gasteiger partial charge in [0.15, 0.2) is 0 Å². The van der Waals surface area contributed by atoms with Gasteiger partial charge in [0, 0.05) is 12.6 Å². The van der Waals surface area contributed by atoms with E-state index in [-0.39, 0.29) is 5.75 Å². The molecule has 0 aliphatic carbocycles. The van der Waals surface area contributed by atoms with Gasteiger partial charge in [-0.15, -0.1) is 0 Å². The van der Waals surface area contributed by atoms with Crippen molar-refractivity contribution in [2.45, 2.75) is 38.5 Å². The van der Waals surface area contributed by atoms with Crippen molar-refractivity contribution in [3.8, 4) is 5.75 Å². The molecule has 1 N–H and O–H groups in total. The van der Waals surface area contributed by atoms with Crippen LogP contribution in [0.25, 0.3) is 0 Å². The minimum Gasteiger partial charge on any atom is -0.485 e. The first-order chi connectivity index (χ1) is 9.20. The normalized spacial score (nSPS) is 25.1. The number of fused-ring (bicyclic) bond motifs is 1. The van der Waals surface area contributed by atoms with E-state index >= 15 is 0 Å². The molecule has 6 heteroatoms. The number of aliphatic hydroxyl groups excluding tert-OH is 1. The highest BCUT2D eigenvalue weighted by Crippen LogP contribution is 2.42. The van der Waals surface area contributed by atoms with Gasteiger partial charge >= 0.3 is 0 Å². The summed E-state index contributed by atoms with van der Waals surface area (Å²) in [6, 6.07) is 6.59. The van der Waals surface area contributed by atoms with Crippen LogP contribution in [0.3, 0.4) is 0 Å². The molecule has 0 spiro atoms. The van der Waals surface area contributed by atoms with Crippen LogP contribution >= 0.6 is 0 Å². The maximum atomic E-state index is 12.1. The second-order valence-corrected chi connectivity index (χ2v) is 7.87. The molecule has 1 aromatic carbocycles. The van der Waals surface area contributed by atoms with Crippen molar-refractivity contribution in [3.05, 3.63) is 29.8 Å². The smallest absolute Gasteiger partial charge is 0.214 e. The number of nitrogens with zero attached hydrogens (tertiary/aromatic N) is 1. The predicted octanol–water partition coefficient (Wildman–Crippen LogP) is 1.54. The maximum absolute atomic E-state index is 12.1. The van der Waals surface area contributed by atoms with Crippen molar-refractivity contribution in [2.24, 2.45) is 0 Å². The molecule has 2 atom stereocenters. The Balaban J connectivity index is 2.55. The lowest BCUT2D eigenvalue weighted by atomic mass is 9.87. The first kappa shape index (κ1) is 15.3. The van der Waals surface area contributed by atoms with E-state index < -0.39 is 27.8 Å². The molecule has 1 aliphatic rings. The molecule has 0 saturated heterocycles. The minimum absolute atomic E-state index is 0.00380. The number of sulfonamides is 1. The Morgan fingerprint density at radius 3 is 2.55 bits per heavy atom. The predicted molar refractivity (Wildman–Crippen MR) is 77.1 cm³/mol. The number of rotatable bonds is 3. The van der Waals surface area contributed by atoms with Crippen LogP contribution in [0, 0.1) is 0 Å². The molecular formula is C14H21NO4S. The van der Waals surface area contributed by atoms with Crippen molar-refractivity contribution in [3.63, 3.8) is 0 Å². The summed E-state index contributed by atoms with van der Waals surface area (Å²) in [4.78, 5) is 0. The van der Waals surface area contributed by atoms with Crippen molar-refractivity contribution < 1.29 is 18.3 Å². The van der Waals surface area contributed by atoms with Crippen LogP contribution in [0.15, 0.2) is 24.3 Å². The fraction of sp³-hybridized carbons (Fsp3) is 0.571. The molecule has 0 aromatic heterocycles. The van der Waals surface area contributed by atoms with Crippen LogP contribution < -0.4 is 4.74 Å². The number of hydrogen-bond donors (Lipinski definition) is 1. The van der Waals surface area contributed by atoms with Gasteiger partial charge < -0.3 is 9.84 Å². The van der Waals surface area contributed by atoms with Gasteiger partial charge in [0.1, 0.15) is 17.5 Å². The second kappa shape index (κ2) is 5.02. The highest BCUT2D eigenvalue weighted by molar-refractivity contribution is 7.89. The Morgan fingerprint density at radius 2 is 1.95 bits per heavy atom. The second-order valence-electron chi connectivity index (χ2n) is 5.55. The lowest BCUT2D eigenvalue weighted by Gasteiger charge is -2.44. The largest absolute Gasteiger partial charge is 0.485 e. The summed E-state index contributed by atoms with van der Waals surface area (Å²) in [6.07, 6.45) is -0.941. The Hall–Kier alpha value is -1.11. The molecule has 1 heterocycles. The van der Waals surface area contributed by atoms with E-state index in [0.29, 0.717) is 11.3 Å². The molecule has 20 heavy (non-hydrogen) atoms. The molecule has 0 radical (unpaired) electrons. The number of benzene rings is 1. The SMILES string of the molecule is CCS(=O)(=O)N(C)[C@@H]1c2ccccc2OC(C)(C)[C@H]1O. The van der Waals surface area contributed by atoms with E-state index in [0.717, 1.165) is 0 Å². The number of para-hydroxylation sites is 1. The van der Waals surface area contributed by atoms with E-state index in [4.69, 9.17) is 4.74 Å². The van der Waals surface area contributed by atoms with Gasteiger partial charge in [-0.3, -0.25) is 0 Å². The topological polar surface area (TPSA) is 66.8 Å². The number of likely N-dealkylation sites (N-methyl/N-ethyl adjacent to an activating group) is 1. The van der Waals surface area contributed by atoms with E-state index in [1.807, 2.05) is 12.1 Å². The van der Waals surface area contributed by atoms with E-state index in [1.54, 1.807) is 32.9 Å². The van der Waals surface area contributed by atoms with Gasteiger partial charge in [-0.25, -0.2) is 8.42 Å². The monoisotopic (exact) mass is 299 g/mol. The Kier molecular flexibility index (Phi) is 3.83. The maximum Gasteiger partial charge on any atom is 0.214 e. The zero-order valence-corrected chi connectivity index (χ0v) is 13.0. The van der Waals surface area contributed by atoms with Crippen LogP contribution in [0.2, 0.25) is 0 Å². The van der Waals surface area contributed by atoms with Crippen LogP contribution in [-0.2, 0) is 10.0 Å². The molecule has 0 fully saturated rings. The number of hydrogen-bond acceptors (Lipinski definition) is 4. The lowest BCUT2D eigenvalue weighted by molar-refractivity contribution is -0.0763. The standard InChI is InChI=1S/C14H21NO4S/c1-5-20(17,18)15(4)12-10-8-6-7-9-11(10)19-14(2,3)13(12)16/h6-9,12-13,16H,5H2,1-4H3/t12-,13+/m1/s1. The van der Waals surface area contributed by atoms with Crippen molar-refractivity contribution in [1.29, 1.82) is 0 Å². The summed E-state index contributed by atoms with van der Waals surface area (Å²) >= 11 is 0. The highest BCUT2D eigenvalue weighted by Gasteiger charge is 2.46. The summed E-state index contributed by atoms with van der Waals surface area (Å²) in [5.74, 6) is 0.613. The third-order valence-electron chi connectivity index (χ3n) is 3.82. The zero-order valence-electron chi connectivity index (χ0n) is 12.2. The summed E-state index contributed by atoms with van der Waals surface area (Å²) in [5.41, 5.74) is -0.157. The number of aliphatic hydroxyl groups is 1. The minimum atomic E-state index is -3.41. The molecule has 0 saturated carbocycles.